The van der Waals surface area contributed by atoms with E-state index in [1.54, 1.807) is 7.11 Å². The zero-order valence-corrected chi connectivity index (χ0v) is 9.98. The van der Waals surface area contributed by atoms with Crippen molar-refractivity contribution in [3.05, 3.63) is 35.4 Å². The Labute approximate surface area is 101 Å². The van der Waals surface area contributed by atoms with Gasteiger partial charge in [0.25, 0.3) is 5.91 Å². The first-order chi connectivity index (χ1) is 8.22. The van der Waals surface area contributed by atoms with E-state index in [1.165, 1.54) is 0 Å². The highest BCUT2D eigenvalue weighted by molar-refractivity contribution is 5.94. The summed E-state index contributed by atoms with van der Waals surface area (Å²) in [5.74, 6) is -0.0203. The van der Waals surface area contributed by atoms with Gasteiger partial charge in [0.05, 0.1) is 6.10 Å². The van der Waals surface area contributed by atoms with Crippen LogP contribution in [0.3, 0.4) is 0 Å². The molecular formula is C13H18N2O2. The lowest BCUT2D eigenvalue weighted by Gasteiger charge is -2.34. The minimum absolute atomic E-state index is 0.0203. The molecule has 92 valence electrons. The third-order valence-electron chi connectivity index (χ3n) is 3.22. The second-order valence-corrected chi connectivity index (χ2v) is 4.40. The number of nitrogens with one attached hydrogen (secondary N) is 1. The molecule has 1 aliphatic rings. The predicted octanol–water partition coefficient (Wildman–Crippen LogP) is 1.05. The Morgan fingerprint density at radius 2 is 2.06 bits per heavy atom. The fraction of sp³-hybridized carbons (Fsp3) is 0.462. The normalized spacial score (nSPS) is 22.9. The molecule has 1 aromatic rings. The van der Waals surface area contributed by atoms with Crippen molar-refractivity contribution in [1.29, 1.82) is 0 Å². The average molecular weight is 234 g/mol. The first-order valence-electron chi connectivity index (χ1n) is 5.85. The van der Waals surface area contributed by atoms with Gasteiger partial charge >= 0.3 is 0 Å². The summed E-state index contributed by atoms with van der Waals surface area (Å²) in [6.07, 6.45) is 2.12. The number of nitrogens with two attached hydrogens (primary N) is 1. The molecule has 0 aromatic heterocycles. The fourth-order valence-electron chi connectivity index (χ4n) is 1.94. The van der Waals surface area contributed by atoms with Crippen LogP contribution in [0.4, 0.5) is 0 Å². The maximum absolute atomic E-state index is 11.9. The van der Waals surface area contributed by atoms with Crippen molar-refractivity contribution in [3.63, 3.8) is 0 Å². The molecule has 1 amide bonds. The van der Waals surface area contributed by atoms with Crippen LogP contribution in [0.1, 0.15) is 28.8 Å². The number of carbonyl (C=O) groups excluding carboxylic acids is 1. The lowest BCUT2D eigenvalue weighted by atomic mass is 9.89. The SMILES string of the molecule is COC1CC(NC(=O)c2ccc(CN)cc2)C1. The van der Waals surface area contributed by atoms with Crippen LogP contribution in [0.15, 0.2) is 24.3 Å². The van der Waals surface area contributed by atoms with Gasteiger partial charge in [-0.05, 0) is 30.5 Å². The molecule has 0 unspecified atom stereocenters. The molecule has 0 radical (unpaired) electrons. The van der Waals surface area contributed by atoms with E-state index in [-0.39, 0.29) is 11.9 Å². The summed E-state index contributed by atoms with van der Waals surface area (Å²) >= 11 is 0. The van der Waals surface area contributed by atoms with Crippen molar-refractivity contribution < 1.29 is 9.53 Å². The van der Waals surface area contributed by atoms with Crippen molar-refractivity contribution in [2.24, 2.45) is 5.73 Å². The summed E-state index contributed by atoms with van der Waals surface area (Å²) in [5.41, 5.74) is 7.22. The Morgan fingerprint density at radius 3 is 2.59 bits per heavy atom. The molecule has 2 rings (SSSR count). The predicted molar refractivity (Wildman–Crippen MR) is 65.6 cm³/mol. The largest absolute Gasteiger partial charge is 0.381 e. The van der Waals surface area contributed by atoms with Gasteiger partial charge in [-0.25, -0.2) is 0 Å². The summed E-state index contributed by atoms with van der Waals surface area (Å²) < 4.78 is 5.17. The molecule has 1 aliphatic carbocycles. The van der Waals surface area contributed by atoms with Crippen molar-refractivity contribution in [2.45, 2.75) is 31.5 Å². The number of hydrogen-bond acceptors (Lipinski definition) is 3. The number of ether oxygens (including phenoxy) is 1. The van der Waals surface area contributed by atoms with E-state index >= 15 is 0 Å². The van der Waals surface area contributed by atoms with Gasteiger partial charge in [-0.1, -0.05) is 12.1 Å². The minimum atomic E-state index is -0.0203. The highest BCUT2D eigenvalue weighted by Crippen LogP contribution is 2.22. The smallest absolute Gasteiger partial charge is 0.251 e. The highest BCUT2D eigenvalue weighted by Gasteiger charge is 2.30. The molecule has 1 fully saturated rings. The van der Waals surface area contributed by atoms with Crippen molar-refractivity contribution in [1.82, 2.24) is 5.32 Å². The van der Waals surface area contributed by atoms with Crippen LogP contribution in [0.5, 0.6) is 0 Å². The van der Waals surface area contributed by atoms with Gasteiger partial charge in [0, 0.05) is 25.3 Å². The van der Waals surface area contributed by atoms with Crippen molar-refractivity contribution in [2.75, 3.05) is 7.11 Å². The second-order valence-electron chi connectivity index (χ2n) is 4.40. The first kappa shape index (κ1) is 12.1. The molecule has 4 heteroatoms. The fourth-order valence-corrected chi connectivity index (χ4v) is 1.94. The molecule has 0 atom stereocenters. The van der Waals surface area contributed by atoms with E-state index in [9.17, 15) is 4.79 Å². The number of methoxy groups -OCH3 is 1. The Morgan fingerprint density at radius 1 is 1.41 bits per heavy atom. The maximum atomic E-state index is 11.9. The Hall–Kier alpha value is -1.39. The number of hydrogen-bond donors (Lipinski definition) is 2. The maximum Gasteiger partial charge on any atom is 0.251 e. The highest BCUT2D eigenvalue weighted by atomic mass is 16.5. The van der Waals surface area contributed by atoms with Crippen molar-refractivity contribution in [3.8, 4) is 0 Å². The zero-order chi connectivity index (χ0) is 12.3. The van der Waals surface area contributed by atoms with E-state index in [0.717, 1.165) is 18.4 Å². The van der Waals surface area contributed by atoms with Gasteiger partial charge in [-0.2, -0.15) is 0 Å². The van der Waals surface area contributed by atoms with E-state index < -0.39 is 0 Å². The van der Waals surface area contributed by atoms with Crippen LogP contribution < -0.4 is 11.1 Å². The molecule has 4 nitrogen and oxygen atoms in total. The second kappa shape index (κ2) is 5.29. The van der Waals surface area contributed by atoms with Gasteiger partial charge in [0.2, 0.25) is 0 Å². The number of rotatable bonds is 4. The van der Waals surface area contributed by atoms with Crippen LogP contribution in [0.2, 0.25) is 0 Å². The van der Waals surface area contributed by atoms with Gasteiger partial charge in [-0.3, -0.25) is 4.79 Å². The molecule has 1 aromatic carbocycles. The summed E-state index contributed by atoms with van der Waals surface area (Å²) in [7, 11) is 1.70. The minimum Gasteiger partial charge on any atom is -0.381 e. The molecule has 0 spiro atoms. The van der Waals surface area contributed by atoms with E-state index in [2.05, 4.69) is 5.32 Å². The van der Waals surface area contributed by atoms with E-state index in [4.69, 9.17) is 10.5 Å². The molecule has 0 aliphatic heterocycles. The Kier molecular flexibility index (Phi) is 3.76. The molecule has 0 bridgehead atoms. The number of carbonyl (C=O) groups is 1. The summed E-state index contributed by atoms with van der Waals surface area (Å²) in [6.45, 7) is 0.500. The standard InChI is InChI=1S/C13H18N2O2/c1-17-12-6-11(7-12)15-13(16)10-4-2-9(8-14)3-5-10/h2-5,11-12H,6-8,14H2,1H3,(H,15,16). The van der Waals surface area contributed by atoms with Gasteiger partial charge in [0.1, 0.15) is 0 Å². The first-order valence-corrected chi connectivity index (χ1v) is 5.85. The summed E-state index contributed by atoms with van der Waals surface area (Å²) in [5, 5.41) is 2.98. The lowest BCUT2D eigenvalue weighted by Crippen LogP contribution is -2.47. The van der Waals surface area contributed by atoms with Crippen LogP contribution in [-0.4, -0.2) is 25.2 Å². The lowest BCUT2D eigenvalue weighted by molar-refractivity contribution is 0.0176. The summed E-state index contributed by atoms with van der Waals surface area (Å²) in [6, 6.07) is 7.64. The third-order valence-corrected chi connectivity index (χ3v) is 3.22. The van der Waals surface area contributed by atoms with Crippen molar-refractivity contribution >= 4 is 5.91 Å². The number of benzene rings is 1. The number of amides is 1. The summed E-state index contributed by atoms with van der Waals surface area (Å²) in [4.78, 5) is 11.9. The van der Waals surface area contributed by atoms with Crippen LogP contribution in [0.25, 0.3) is 0 Å². The van der Waals surface area contributed by atoms with E-state index in [1.807, 2.05) is 24.3 Å². The van der Waals surface area contributed by atoms with Crippen LogP contribution in [0, 0.1) is 0 Å². The van der Waals surface area contributed by atoms with Crippen LogP contribution >= 0.6 is 0 Å². The molecule has 0 heterocycles. The molecule has 17 heavy (non-hydrogen) atoms. The molecule has 0 saturated heterocycles. The van der Waals surface area contributed by atoms with E-state index in [0.29, 0.717) is 18.2 Å². The van der Waals surface area contributed by atoms with Crippen LogP contribution in [-0.2, 0) is 11.3 Å². The Bertz CT molecular complexity index is 383. The topological polar surface area (TPSA) is 64.3 Å². The average Bonchev–Trinajstić information content (AvgIpc) is 2.33. The van der Waals surface area contributed by atoms with Gasteiger partial charge < -0.3 is 15.8 Å². The Balaban J connectivity index is 1.87. The zero-order valence-electron chi connectivity index (χ0n) is 9.98. The molecule has 1 saturated carbocycles. The molecular weight excluding hydrogens is 216 g/mol. The van der Waals surface area contributed by atoms with Gasteiger partial charge in [-0.15, -0.1) is 0 Å². The monoisotopic (exact) mass is 234 g/mol. The quantitative estimate of drug-likeness (QED) is 0.818. The van der Waals surface area contributed by atoms with Gasteiger partial charge in [0.15, 0.2) is 0 Å². The third kappa shape index (κ3) is 2.84. The molecule has 3 N–H and O–H groups in total.